The largest absolute Gasteiger partial charge is 0.472 e. The van der Waals surface area contributed by atoms with Gasteiger partial charge in [-0.25, -0.2) is 9.13 Å². The van der Waals surface area contributed by atoms with Crippen molar-refractivity contribution in [1.82, 2.24) is 0 Å². The molecule has 0 spiro atoms. The van der Waals surface area contributed by atoms with Crippen LogP contribution in [0.5, 0.6) is 0 Å². The van der Waals surface area contributed by atoms with Crippen LogP contribution in [0, 0.1) is 11.8 Å². The zero-order valence-corrected chi connectivity index (χ0v) is 65.9. The summed E-state index contributed by atoms with van der Waals surface area (Å²) in [6, 6.07) is 0. The van der Waals surface area contributed by atoms with Gasteiger partial charge in [-0.2, -0.15) is 0 Å². The van der Waals surface area contributed by atoms with Crippen molar-refractivity contribution in [2.45, 2.75) is 432 Å². The van der Waals surface area contributed by atoms with Crippen molar-refractivity contribution in [2.75, 3.05) is 39.6 Å². The Morgan fingerprint density at radius 3 is 0.694 bits per heavy atom. The summed E-state index contributed by atoms with van der Waals surface area (Å²) in [4.78, 5) is 72.8. The molecular formula is C79H154O17P2. The van der Waals surface area contributed by atoms with Gasteiger partial charge in [0, 0.05) is 25.7 Å². The minimum atomic E-state index is -4.96. The molecule has 5 atom stereocenters. The Kier molecular flexibility index (Phi) is 69.3. The number of carbonyl (C=O) groups excluding carboxylic acids is 4. The van der Waals surface area contributed by atoms with Crippen LogP contribution in [0.25, 0.3) is 0 Å². The summed E-state index contributed by atoms with van der Waals surface area (Å²) < 4.78 is 68.6. The lowest BCUT2D eigenvalue weighted by atomic mass is 10.0. The van der Waals surface area contributed by atoms with Crippen LogP contribution in [-0.2, 0) is 65.4 Å². The molecule has 19 heteroatoms. The second kappa shape index (κ2) is 70.7. The number of hydrogen-bond donors (Lipinski definition) is 3. The zero-order chi connectivity index (χ0) is 72.1. The van der Waals surface area contributed by atoms with Gasteiger partial charge in [0.2, 0.25) is 0 Å². The van der Waals surface area contributed by atoms with Crippen LogP contribution in [0.2, 0.25) is 0 Å². The maximum absolute atomic E-state index is 13.1. The Morgan fingerprint density at radius 1 is 0.276 bits per heavy atom. The molecule has 0 aliphatic heterocycles. The first-order chi connectivity index (χ1) is 47.4. The molecule has 3 N–H and O–H groups in total. The smallest absolute Gasteiger partial charge is 0.462 e. The topological polar surface area (TPSA) is 237 Å². The van der Waals surface area contributed by atoms with Crippen molar-refractivity contribution in [3.63, 3.8) is 0 Å². The first-order valence-corrected chi connectivity index (χ1v) is 44.0. The lowest BCUT2D eigenvalue weighted by Gasteiger charge is -2.21. The number of phosphoric ester groups is 2. The van der Waals surface area contributed by atoms with Gasteiger partial charge in [-0.05, 0) is 37.5 Å². The molecule has 0 amide bonds. The summed E-state index contributed by atoms with van der Waals surface area (Å²) in [6.45, 7) is 9.64. The lowest BCUT2D eigenvalue weighted by Crippen LogP contribution is -2.30. The Bertz CT molecular complexity index is 1890. The third-order valence-electron chi connectivity index (χ3n) is 18.5. The lowest BCUT2D eigenvalue weighted by molar-refractivity contribution is -0.161. The van der Waals surface area contributed by atoms with E-state index in [1.807, 2.05) is 0 Å². The minimum absolute atomic E-state index is 0.108. The van der Waals surface area contributed by atoms with Gasteiger partial charge >= 0.3 is 39.5 Å². The summed E-state index contributed by atoms with van der Waals surface area (Å²) in [7, 11) is -9.91. The Morgan fingerprint density at radius 2 is 0.469 bits per heavy atom. The number of carbonyl (C=O) groups is 4. The van der Waals surface area contributed by atoms with Crippen LogP contribution < -0.4 is 0 Å². The predicted octanol–water partition coefficient (Wildman–Crippen LogP) is 23.5. The summed E-state index contributed by atoms with van der Waals surface area (Å²) >= 11 is 0. The van der Waals surface area contributed by atoms with Gasteiger partial charge in [-0.15, -0.1) is 0 Å². The molecule has 582 valence electrons. The molecule has 2 unspecified atom stereocenters. The molecule has 0 heterocycles. The second-order valence-electron chi connectivity index (χ2n) is 29.4. The third-order valence-corrected chi connectivity index (χ3v) is 20.4. The first kappa shape index (κ1) is 96.1. The number of phosphoric acid groups is 2. The van der Waals surface area contributed by atoms with Crippen molar-refractivity contribution in [3.05, 3.63) is 0 Å². The minimum Gasteiger partial charge on any atom is -0.462 e. The van der Waals surface area contributed by atoms with Gasteiger partial charge in [0.25, 0.3) is 0 Å². The Balaban J connectivity index is 5.19. The van der Waals surface area contributed by atoms with E-state index in [9.17, 15) is 43.2 Å². The van der Waals surface area contributed by atoms with E-state index >= 15 is 0 Å². The van der Waals surface area contributed by atoms with Crippen molar-refractivity contribution in [1.29, 1.82) is 0 Å². The normalized spacial score (nSPS) is 13.9. The molecule has 0 saturated carbocycles. The predicted molar refractivity (Wildman–Crippen MR) is 400 cm³/mol. The molecule has 0 aliphatic rings. The highest BCUT2D eigenvalue weighted by molar-refractivity contribution is 7.47. The van der Waals surface area contributed by atoms with Gasteiger partial charge in [-0.1, -0.05) is 363 Å². The van der Waals surface area contributed by atoms with E-state index in [0.29, 0.717) is 25.7 Å². The van der Waals surface area contributed by atoms with E-state index < -0.39 is 97.5 Å². The highest BCUT2D eigenvalue weighted by Crippen LogP contribution is 2.45. The molecule has 0 saturated heterocycles. The van der Waals surface area contributed by atoms with E-state index in [-0.39, 0.29) is 25.7 Å². The number of esters is 4. The molecule has 98 heavy (non-hydrogen) atoms. The molecular weight excluding hydrogens is 1280 g/mol. The average molecular weight is 1440 g/mol. The van der Waals surface area contributed by atoms with E-state index in [0.717, 1.165) is 108 Å². The molecule has 0 aromatic heterocycles. The van der Waals surface area contributed by atoms with Crippen LogP contribution in [-0.4, -0.2) is 96.7 Å². The van der Waals surface area contributed by atoms with E-state index in [1.54, 1.807) is 0 Å². The molecule has 0 radical (unpaired) electrons. The Hall–Kier alpha value is -1.94. The average Bonchev–Trinajstić information content (AvgIpc) is 1.06. The van der Waals surface area contributed by atoms with Crippen LogP contribution in [0.15, 0.2) is 0 Å². The molecule has 0 aliphatic carbocycles. The maximum Gasteiger partial charge on any atom is 0.472 e. The fourth-order valence-corrected chi connectivity index (χ4v) is 13.8. The van der Waals surface area contributed by atoms with Crippen LogP contribution >= 0.6 is 15.6 Å². The van der Waals surface area contributed by atoms with Crippen LogP contribution in [0.3, 0.4) is 0 Å². The summed E-state index contributed by atoms with van der Waals surface area (Å²) in [5.41, 5.74) is 0. The number of unbranched alkanes of at least 4 members (excludes halogenated alkanes) is 48. The van der Waals surface area contributed by atoms with Gasteiger partial charge in [0.1, 0.15) is 19.3 Å². The first-order valence-electron chi connectivity index (χ1n) is 41.0. The van der Waals surface area contributed by atoms with Crippen molar-refractivity contribution in [3.8, 4) is 0 Å². The molecule has 0 rings (SSSR count). The maximum atomic E-state index is 13.1. The van der Waals surface area contributed by atoms with Crippen LogP contribution in [0.4, 0.5) is 0 Å². The SMILES string of the molecule is CCCCCCCCCCCCCCCCC(=O)O[C@H](COC(=O)CCCCCCCCCC)COP(=O)(O)OC[C@H](O)COP(=O)(O)OC[C@@H](COC(=O)CCCCCCCCCCCCCCC(C)C)OC(=O)CCCCCCCCCCCCCCCCCCCCC(C)C. The number of aliphatic hydroxyl groups excluding tert-OH is 1. The summed E-state index contributed by atoms with van der Waals surface area (Å²) in [5.74, 6) is -0.511. The molecule has 0 aromatic carbocycles. The summed E-state index contributed by atoms with van der Waals surface area (Å²) in [5, 5.41) is 10.6. The second-order valence-corrected chi connectivity index (χ2v) is 32.3. The van der Waals surface area contributed by atoms with Gasteiger partial charge in [-0.3, -0.25) is 37.3 Å². The standard InChI is InChI=1S/C79H154O17P2/c1-7-9-11-13-15-17-18-19-27-34-39-45-51-57-63-78(83)95-74(67-89-76(81)61-55-49-43-16-14-12-10-8-2)69-93-97(85,86)91-65-73(80)66-92-98(87,88)94-70-75(68-90-77(82)62-56-50-44-38-33-30-29-32-37-42-48-54-60-72(5)6)96-79(84)64-58-52-46-40-35-28-25-23-21-20-22-24-26-31-36-41-47-53-59-71(3)4/h71-75,80H,7-70H2,1-6H3,(H,85,86)(H,87,88)/t73-,74+,75+/m0/s1. The van der Waals surface area contributed by atoms with Gasteiger partial charge < -0.3 is 33.8 Å². The fourth-order valence-electron chi connectivity index (χ4n) is 12.2. The van der Waals surface area contributed by atoms with Crippen LogP contribution in [0.1, 0.15) is 414 Å². The van der Waals surface area contributed by atoms with Gasteiger partial charge in [0.05, 0.1) is 26.4 Å². The van der Waals surface area contributed by atoms with E-state index in [1.165, 1.54) is 225 Å². The highest BCUT2D eigenvalue weighted by atomic mass is 31.2. The quantitative estimate of drug-likeness (QED) is 0.0222. The monoisotopic (exact) mass is 1440 g/mol. The molecule has 17 nitrogen and oxygen atoms in total. The van der Waals surface area contributed by atoms with E-state index in [4.69, 9.17) is 37.0 Å². The molecule has 0 bridgehead atoms. The highest BCUT2D eigenvalue weighted by Gasteiger charge is 2.30. The molecule has 0 fully saturated rings. The van der Waals surface area contributed by atoms with Crippen molar-refractivity contribution in [2.24, 2.45) is 11.8 Å². The van der Waals surface area contributed by atoms with Gasteiger partial charge in [0.15, 0.2) is 12.2 Å². The van der Waals surface area contributed by atoms with Crippen molar-refractivity contribution < 1.29 is 80.2 Å². The number of ether oxygens (including phenoxy) is 4. The number of rotatable bonds is 78. The summed E-state index contributed by atoms with van der Waals surface area (Å²) in [6.07, 6.45) is 59.7. The number of aliphatic hydroxyl groups is 1. The molecule has 0 aromatic rings. The number of hydrogen-bond acceptors (Lipinski definition) is 15. The van der Waals surface area contributed by atoms with Crippen molar-refractivity contribution >= 4 is 39.5 Å². The fraction of sp³-hybridized carbons (Fsp3) is 0.949. The van der Waals surface area contributed by atoms with E-state index in [2.05, 4.69) is 41.5 Å². The Labute approximate surface area is 600 Å². The zero-order valence-electron chi connectivity index (χ0n) is 64.1. The third kappa shape index (κ3) is 72.4.